The lowest BCUT2D eigenvalue weighted by molar-refractivity contribution is -0.120. The van der Waals surface area contributed by atoms with Crippen molar-refractivity contribution in [3.05, 3.63) is 47.4 Å². The van der Waals surface area contributed by atoms with Crippen LogP contribution in [0.25, 0.3) is 0 Å². The van der Waals surface area contributed by atoms with Gasteiger partial charge in [0.1, 0.15) is 0 Å². The number of carbonyl (C=O) groups excluding carboxylic acids is 1. The molecule has 0 radical (unpaired) electrons. The van der Waals surface area contributed by atoms with Gasteiger partial charge in [-0.2, -0.15) is 0 Å². The van der Waals surface area contributed by atoms with E-state index in [1.807, 2.05) is 0 Å². The molecule has 1 rings (SSSR count). The molecule has 0 aromatic heterocycles. The van der Waals surface area contributed by atoms with Gasteiger partial charge in [0.15, 0.2) is 5.17 Å². The number of hydrogen-bond acceptors (Lipinski definition) is 3. The van der Waals surface area contributed by atoms with E-state index in [1.165, 1.54) is 17.3 Å². The van der Waals surface area contributed by atoms with Gasteiger partial charge in [0.05, 0.1) is 0 Å². The van der Waals surface area contributed by atoms with Crippen LogP contribution in [0.15, 0.2) is 41.2 Å². The maximum Gasteiger partial charge on any atom is 0.226 e. The second-order valence-corrected chi connectivity index (χ2v) is 6.24. The Kier molecular flexibility index (Phi) is 6.02. The Morgan fingerprint density at radius 3 is 2.50 bits per heavy atom. The highest BCUT2D eigenvalue weighted by atomic mass is 32.2. The first-order valence-corrected chi connectivity index (χ1v) is 7.38. The van der Waals surface area contributed by atoms with E-state index in [0.29, 0.717) is 11.6 Å². The van der Waals surface area contributed by atoms with E-state index in [1.54, 1.807) is 12.5 Å². The summed E-state index contributed by atoms with van der Waals surface area (Å²) in [6, 6.07) is 8.30. The summed E-state index contributed by atoms with van der Waals surface area (Å²) in [7, 11) is 1.65. The molecule has 0 heterocycles. The summed E-state index contributed by atoms with van der Waals surface area (Å²) in [5, 5.41) is 5.03. The average Bonchev–Trinajstić information content (AvgIpc) is 2.38. The number of aryl methyl sites for hydroxylation is 1. The highest BCUT2D eigenvalue weighted by Gasteiger charge is 2.24. The summed E-state index contributed by atoms with van der Waals surface area (Å²) in [6.07, 6.45) is 0.410. The highest BCUT2D eigenvalue weighted by Crippen LogP contribution is 2.27. The van der Waals surface area contributed by atoms with Crippen molar-refractivity contribution in [3.63, 3.8) is 0 Å². The van der Waals surface area contributed by atoms with E-state index in [-0.39, 0.29) is 11.3 Å². The van der Waals surface area contributed by atoms with Gasteiger partial charge in [-0.3, -0.25) is 9.79 Å². The van der Waals surface area contributed by atoms with Crippen molar-refractivity contribution in [2.24, 2.45) is 4.99 Å². The lowest BCUT2D eigenvalue weighted by atomic mass is 9.81. The zero-order valence-electron chi connectivity index (χ0n) is 12.6. The van der Waals surface area contributed by atoms with Gasteiger partial charge in [0.25, 0.3) is 0 Å². The molecule has 0 aliphatic carbocycles. The van der Waals surface area contributed by atoms with Crippen LogP contribution in [0.5, 0.6) is 0 Å². The van der Waals surface area contributed by atoms with Crippen molar-refractivity contribution in [1.82, 2.24) is 5.32 Å². The third kappa shape index (κ3) is 4.85. The Morgan fingerprint density at radius 2 is 2.00 bits per heavy atom. The molecule has 1 aromatic rings. The molecule has 3 nitrogen and oxygen atoms in total. The molecule has 1 amide bonds. The van der Waals surface area contributed by atoms with Crippen LogP contribution in [0.4, 0.5) is 0 Å². The first-order chi connectivity index (χ1) is 9.39. The average molecular weight is 290 g/mol. The van der Waals surface area contributed by atoms with E-state index < -0.39 is 0 Å². The predicted octanol–water partition coefficient (Wildman–Crippen LogP) is 3.64. The van der Waals surface area contributed by atoms with Crippen LogP contribution in [-0.2, 0) is 10.2 Å². The maximum atomic E-state index is 12.1. The van der Waals surface area contributed by atoms with Gasteiger partial charge < -0.3 is 5.32 Å². The molecule has 0 bridgehead atoms. The Hall–Kier alpha value is -1.55. The monoisotopic (exact) mass is 290 g/mol. The van der Waals surface area contributed by atoms with Gasteiger partial charge in [0.2, 0.25) is 5.91 Å². The van der Waals surface area contributed by atoms with Crippen molar-refractivity contribution in [2.45, 2.75) is 32.6 Å². The van der Waals surface area contributed by atoms with Gasteiger partial charge in [-0.1, -0.05) is 62.0 Å². The van der Waals surface area contributed by atoms with E-state index in [0.717, 1.165) is 5.56 Å². The first-order valence-electron chi connectivity index (χ1n) is 6.50. The van der Waals surface area contributed by atoms with Crippen LogP contribution < -0.4 is 5.32 Å². The van der Waals surface area contributed by atoms with Gasteiger partial charge in [0, 0.05) is 13.5 Å². The van der Waals surface area contributed by atoms with E-state index in [4.69, 9.17) is 0 Å². The van der Waals surface area contributed by atoms with Gasteiger partial charge in [-0.15, -0.1) is 0 Å². The zero-order chi connectivity index (χ0) is 15.2. The lowest BCUT2D eigenvalue weighted by Crippen LogP contribution is -2.33. The normalized spacial score (nSPS) is 12.1. The smallest absolute Gasteiger partial charge is 0.226 e. The van der Waals surface area contributed by atoms with E-state index in [9.17, 15) is 4.79 Å². The molecule has 108 valence electrons. The van der Waals surface area contributed by atoms with Gasteiger partial charge in [-0.25, -0.2) is 0 Å². The third-order valence-corrected chi connectivity index (χ3v) is 3.75. The molecule has 0 saturated heterocycles. The minimum Gasteiger partial charge on any atom is -0.305 e. The molecule has 0 aliphatic heterocycles. The number of amidine groups is 1. The minimum atomic E-state index is -0.213. The number of amides is 1. The van der Waals surface area contributed by atoms with Crippen molar-refractivity contribution in [1.29, 1.82) is 0 Å². The second-order valence-electron chi connectivity index (χ2n) is 5.29. The number of aliphatic imine (C=N–C) groups is 1. The van der Waals surface area contributed by atoms with Gasteiger partial charge >= 0.3 is 0 Å². The molecule has 4 heteroatoms. The molecule has 0 unspecified atom stereocenters. The summed E-state index contributed by atoms with van der Waals surface area (Å²) in [5.41, 5.74) is 2.16. The largest absolute Gasteiger partial charge is 0.305 e. The number of thioether (sulfide) groups is 1. The Morgan fingerprint density at radius 1 is 1.40 bits per heavy atom. The van der Waals surface area contributed by atoms with Gasteiger partial charge in [-0.05, 0) is 23.3 Å². The van der Waals surface area contributed by atoms with E-state index >= 15 is 0 Å². The van der Waals surface area contributed by atoms with Crippen molar-refractivity contribution in [3.8, 4) is 0 Å². The lowest BCUT2D eigenvalue weighted by Gasteiger charge is -2.24. The molecular formula is C16H22N2OS. The van der Waals surface area contributed by atoms with Crippen LogP contribution in [0, 0.1) is 6.92 Å². The van der Waals surface area contributed by atoms with Crippen LogP contribution in [0.3, 0.4) is 0 Å². The number of benzene rings is 1. The standard InChI is InChI=1S/C16H22N2OS/c1-6-20-15(17-5)18-14(19)11-16(3,4)13-9-7-12(2)8-10-13/h6-10H,1,11H2,2-5H3,(H,17,18,19). The molecule has 0 aliphatic rings. The maximum absolute atomic E-state index is 12.1. The fraction of sp³-hybridized carbons (Fsp3) is 0.375. The fourth-order valence-corrected chi connectivity index (χ4v) is 2.32. The van der Waals surface area contributed by atoms with Crippen molar-refractivity contribution < 1.29 is 4.79 Å². The molecule has 0 atom stereocenters. The second kappa shape index (κ2) is 7.29. The van der Waals surface area contributed by atoms with Crippen LogP contribution in [0.1, 0.15) is 31.4 Å². The SMILES string of the molecule is C=CSC(=NC)NC(=O)CC(C)(C)c1ccc(C)cc1. The predicted molar refractivity (Wildman–Crippen MR) is 88.1 cm³/mol. The topological polar surface area (TPSA) is 41.5 Å². The number of nitrogens with one attached hydrogen (secondary N) is 1. The number of carbonyl (C=O) groups is 1. The van der Waals surface area contributed by atoms with Crippen LogP contribution in [-0.4, -0.2) is 18.1 Å². The highest BCUT2D eigenvalue weighted by molar-refractivity contribution is 8.16. The Bertz CT molecular complexity index is 504. The zero-order valence-corrected chi connectivity index (χ0v) is 13.4. The summed E-state index contributed by atoms with van der Waals surface area (Å²) < 4.78 is 0. The summed E-state index contributed by atoms with van der Waals surface area (Å²) in [5.74, 6) is -0.0366. The Labute approximate surface area is 125 Å². The summed E-state index contributed by atoms with van der Waals surface area (Å²) in [4.78, 5) is 16.1. The number of rotatable bonds is 4. The fourth-order valence-electron chi connectivity index (χ4n) is 1.89. The molecule has 1 aromatic carbocycles. The van der Waals surface area contributed by atoms with Crippen LogP contribution >= 0.6 is 11.8 Å². The molecular weight excluding hydrogens is 268 g/mol. The van der Waals surface area contributed by atoms with Crippen molar-refractivity contribution in [2.75, 3.05) is 7.05 Å². The Balaban J connectivity index is 2.72. The molecule has 0 spiro atoms. The summed E-state index contributed by atoms with van der Waals surface area (Å²) in [6.45, 7) is 9.81. The quantitative estimate of drug-likeness (QED) is 0.679. The molecule has 0 saturated carbocycles. The minimum absolute atomic E-state index is 0.0366. The van der Waals surface area contributed by atoms with Crippen LogP contribution in [0.2, 0.25) is 0 Å². The van der Waals surface area contributed by atoms with E-state index in [2.05, 4.69) is 61.9 Å². The van der Waals surface area contributed by atoms with Crippen molar-refractivity contribution >= 4 is 22.8 Å². The molecule has 0 fully saturated rings. The third-order valence-electron chi connectivity index (χ3n) is 3.08. The molecule has 20 heavy (non-hydrogen) atoms. The number of hydrogen-bond donors (Lipinski definition) is 1. The molecule has 1 N–H and O–H groups in total. The summed E-state index contributed by atoms with van der Waals surface area (Å²) >= 11 is 1.31. The first kappa shape index (κ1) is 16.5. The number of nitrogens with zero attached hydrogens (tertiary/aromatic N) is 1.